The molecule has 0 bridgehead atoms. The van der Waals surface area contributed by atoms with Gasteiger partial charge in [-0.15, -0.1) is 0 Å². The molecule has 0 atom stereocenters. The summed E-state index contributed by atoms with van der Waals surface area (Å²) in [4.78, 5) is 8.36. The quantitative estimate of drug-likeness (QED) is 0.557. The predicted molar refractivity (Wildman–Crippen MR) is 50.4 cm³/mol. The van der Waals surface area contributed by atoms with Crippen LogP contribution in [0.5, 0.6) is 0 Å². The largest absolute Gasteiger partial charge is 0.298 e. The fourth-order valence-corrected chi connectivity index (χ4v) is 1.63. The minimum absolute atomic E-state index is 0.951. The number of fused-ring (bicyclic) bond motifs is 3. The Hall–Kier alpha value is -1.84. The summed E-state index contributed by atoms with van der Waals surface area (Å²) in [6.45, 7) is 0. The Morgan fingerprint density at radius 3 is 3.15 bits per heavy atom. The maximum absolute atomic E-state index is 4.22. The Morgan fingerprint density at radius 1 is 1.31 bits per heavy atom. The summed E-state index contributed by atoms with van der Waals surface area (Å²) in [6, 6.07) is 3.99. The highest BCUT2D eigenvalue weighted by Gasteiger charge is 2.04. The predicted octanol–water partition coefficient (Wildman–Crippen LogP) is 1.45. The standard InChI is InChI=1S/C9H8N4/c1-13-4-6-7(12-13)2-3-8-9(6)11-5-10-8/h2-5,12H,1H3. The van der Waals surface area contributed by atoms with Crippen LogP contribution in [0.2, 0.25) is 0 Å². The minimum atomic E-state index is 0.951. The van der Waals surface area contributed by atoms with Gasteiger partial charge in [-0.25, -0.2) is 9.97 Å². The van der Waals surface area contributed by atoms with Crippen LogP contribution >= 0.6 is 0 Å². The van der Waals surface area contributed by atoms with Crippen LogP contribution in [0.1, 0.15) is 0 Å². The maximum atomic E-state index is 4.22. The van der Waals surface area contributed by atoms with Gasteiger partial charge in [-0.05, 0) is 12.1 Å². The van der Waals surface area contributed by atoms with E-state index in [4.69, 9.17) is 0 Å². The first-order chi connectivity index (χ1) is 6.34. The molecule has 64 valence electrons. The number of aromatic amines is 1. The molecule has 0 saturated heterocycles. The molecule has 0 aliphatic rings. The van der Waals surface area contributed by atoms with Crippen molar-refractivity contribution in [3.8, 4) is 0 Å². The molecular weight excluding hydrogens is 164 g/mol. The van der Waals surface area contributed by atoms with Crippen molar-refractivity contribution in [3.05, 3.63) is 24.7 Å². The fraction of sp³-hybridized carbons (Fsp3) is 0.111. The molecule has 1 aromatic carbocycles. The highest BCUT2D eigenvalue weighted by Crippen LogP contribution is 2.20. The van der Waals surface area contributed by atoms with Crippen LogP contribution < -0.4 is 0 Å². The van der Waals surface area contributed by atoms with Gasteiger partial charge in [-0.3, -0.25) is 9.78 Å². The van der Waals surface area contributed by atoms with Gasteiger partial charge >= 0.3 is 0 Å². The second kappa shape index (κ2) is 2.10. The van der Waals surface area contributed by atoms with Crippen molar-refractivity contribution >= 4 is 21.9 Å². The number of rotatable bonds is 0. The average Bonchev–Trinajstić information content (AvgIpc) is 2.65. The van der Waals surface area contributed by atoms with Gasteiger partial charge < -0.3 is 0 Å². The lowest BCUT2D eigenvalue weighted by Gasteiger charge is -1.88. The van der Waals surface area contributed by atoms with Gasteiger partial charge in [0.2, 0.25) is 0 Å². The van der Waals surface area contributed by atoms with Crippen molar-refractivity contribution in [2.24, 2.45) is 7.05 Å². The summed E-state index contributed by atoms with van der Waals surface area (Å²) >= 11 is 0. The normalized spacial score (nSPS) is 11.5. The Balaban J connectivity index is 2.64. The van der Waals surface area contributed by atoms with Crippen LogP contribution in [-0.2, 0) is 7.05 Å². The second-order valence-electron chi connectivity index (χ2n) is 3.12. The van der Waals surface area contributed by atoms with E-state index < -0.39 is 0 Å². The van der Waals surface area contributed by atoms with E-state index in [1.165, 1.54) is 0 Å². The molecule has 4 heteroatoms. The van der Waals surface area contributed by atoms with E-state index in [1.54, 1.807) is 6.33 Å². The van der Waals surface area contributed by atoms with E-state index in [-0.39, 0.29) is 0 Å². The second-order valence-corrected chi connectivity index (χ2v) is 3.12. The van der Waals surface area contributed by atoms with Gasteiger partial charge in [-0.2, -0.15) is 0 Å². The molecule has 4 nitrogen and oxygen atoms in total. The van der Waals surface area contributed by atoms with Crippen LogP contribution in [-0.4, -0.2) is 19.7 Å². The number of nitrogens with zero attached hydrogens (tertiary/aromatic N) is 3. The minimum Gasteiger partial charge on any atom is -0.298 e. The summed E-state index contributed by atoms with van der Waals surface area (Å²) in [7, 11) is 1.96. The topological polar surface area (TPSA) is 46.5 Å². The van der Waals surface area contributed by atoms with Crippen molar-refractivity contribution in [2.75, 3.05) is 0 Å². The zero-order chi connectivity index (χ0) is 8.84. The molecule has 1 N–H and O–H groups in total. The Kier molecular flexibility index (Phi) is 1.07. The third-order valence-electron chi connectivity index (χ3n) is 2.20. The van der Waals surface area contributed by atoms with Gasteiger partial charge in [0.15, 0.2) is 0 Å². The van der Waals surface area contributed by atoms with E-state index in [1.807, 2.05) is 30.1 Å². The van der Waals surface area contributed by atoms with Gasteiger partial charge in [0.05, 0.1) is 11.0 Å². The number of benzene rings is 1. The zero-order valence-corrected chi connectivity index (χ0v) is 7.15. The van der Waals surface area contributed by atoms with E-state index in [0.717, 1.165) is 21.9 Å². The maximum Gasteiger partial charge on any atom is 0.116 e. The number of H-pyrrole nitrogens is 1. The number of aromatic nitrogens is 4. The fourth-order valence-electron chi connectivity index (χ4n) is 1.63. The van der Waals surface area contributed by atoms with E-state index >= 15 is 0 Å². The highest BCUT2D eigenvalue weighted by atomic mass is 15.2. The van der Waals surface area contributed by atoms with Crippen molar-refractivity contribution in [1.82, 2.24) is 19.7 Å². The van der Waals surface area contributed by atoms with E-state index in [9.17, 15) is 0 Å². The third kappa shape index (κ3) is 0.796. The Bertz CT molecular complexity index is 575. The molecule has 0 radical (unpaired) electrons. The van der Waals surface area contributed by atoms with Crippen LogP contribution in [0.25, 0.3) is 21.9 Å². The van der Waals surface area contributed by atoms with E-state index in [0.29, 0.717) is 0 Å². The summed E-state index contributed by atoms with van der Waals surface area (Å²) in [5.41, 5.74) is 3.01. The van der Waals surface area contributed by atoms with Crippen LogP contribution in [0.4, 0.5) is 0 Å². The van der Waals surface area contributed by atoms with Crippen molar-refractivity contribution in [3.63, 3.8) is 0 Å². The molecule has 13 heavy (non-hydrogen) atoms. The number of hydrogen-bond acceptors (Lipinski definition) is 2. The first-order valence-electron chi connectivity index (χ1n) is 4.09. The van der Waals surface area contributed by atoms with Gasteiger partial charge in [0.25, 0.3) is 0 Å². The van der Waals surface area contributed by atoms with Crippen LogP contribution in [0.15, 0.2) is 24.7 Å². The molecule has 2 heterocycles. The molecule has 0 fully saturated rings. The lowest BCUT2D eigenvalue weighted by Crippen LogP contribution is -1.84. The molecular formula is C9H8N4. The Labute approximate surface area is 74.2 Å². The monoisotopic (exact) mass is 172 g/mol. The SMILES string of the molecule is Cn1cc2c(ccc3ncnc32)[nH]1. The molecule has 2 aromatic heterocycles. The summed E-state index contributed by atoms with van der Waals surface area (Å²) in [6.07, 6.45) is 3.61. The van der Waals surface area contributed by atoms with Crippen molar-refractivity contribution in [2.45, 2.75) is 0 Å². The van der Waals surface area contributed by atoms with E-state index in [2.05, 4.69) is 15.1 Å². The molecule has 0 spiro atoms. The molecule has 0 aliphatic carbocycles. The molecule has 0 aliphatic heterocycles. The summed E-state index contributed by atoms with van der Waals surface area (Å²) < 4.78 is 1.92. The molecule has 3 aromatic rings. The summed E-state index contributed by atoms with van der Waals surface area (Å²) in [5.74, 6) is 0. The van der Waals surface area contributed by atoms with Crippen LogP contribution in [0.3, 0.4) is 0 Å². The molecule has 3 rings (SSSR count). The number of aryl methyl sites for hydroxylation is 1. The first-order valence-corrected chi connectivity index (χ1v) is 4.09. The lowest BCUT2D eigenvalue weighted by molar-refractivity contribution is 0.780. The van der Waals surface area contributed by atoms with Gasteiger partial charge in [-0.1, -0.05) is 0 Å². The highest BCUT2D eigenvalue weighted by molar-refractivity contribution is 6.02. The molecule has 0 unspecified atom stereocenters. The Morgan fingerprint density at radius 2 is 2.23 bits per heavy atom. The molecule has 0 amide bonds. The lowest BCUT2D eigenvalue weighted by atomic mass is 10.2. The van der Waals surface area contributed by atoms with Crippen LogP contribution in [0, 0.1) is 0 Å². The average molecular weight is 172 g/mol. The van der Waals surface area contributed by atoms with Gasteiger partial charge in [0.1, 0.15) is 11.8 Å². The third-order valence-corrected chi connectivity index (χ3v) is 2.20. The smallest absolute Gasteiger partial charge is 0.116 e. The van der Waals surface area contributed by atoms with Crippen molar-refractivity contribution in [1.29, 1.82) is 0 Å². The first kappa shape index (κ1) is 6.65. The zero-order valence-electron chi connectivity index (χ0n) is 7.15. The van der Waals surface area contributed by atoms with Crippen molar-refractivity contribution < 1.29 is 0 Å². The molecule has 0 saturated carbocycles. The number of hydrogen-bond donors (Lipinski definition) is 1. The number of nitrogens with one attached hydrogen (secondary N) is 1. The number of imidazole rings is 1. The summed E-state index contributed by atoms with van der Waals surface area (Å²) in [5, 5.41) is 4.31. The van der Waals surface area contributed by atoms with Gasteiger partial charge in [0, 0.05) is 18.6 Å².